The summed E-state index contributed by atoms with van der Waals surface area (Å²) in [6, 6.07) is 0. The number of ether oxygens (including phenoxy) is 5. The van der Waals surface area contributed by atoms with Crippen molar-refractivity contribution in [3.05, 3.63) is 85.1 Å². The number of aliphatic carboxylic acids is 1. The molecule has 0 aliphatic carbocycles. The van der Waals surface area contributed by atoms with Crippen molar-refractivity contribution >= 4 is 23.9 Å². The standard InChI is InChI=1S/C63H104O12/c1-4-7-10-13-16-19-22-25-27-28-30-32-34-37-40-43-46-49-55(64)71-52-54(73-56(65)50-47-44-41-38-36-33-29-26-23-20-17-14-11-8-5-2)53-72-63-61(59(68)58(67)60(75-63)62(69)70)74-57(66)51-48-45-42-39-35-31-24-21-18-15-12-9-6-3/h7,10,12,15-17,19-21,24-27,29,54,58-61,63,67-68H,4-6,8-9,11,13-14,18,22-23,28,30-53H2,1-3H3,(H,69,70)/b10-7-,15-12-,19-16-,20-17-,24-21-,27-25-,29-26-. The fraction of sp³-hybridized carbons (Fsp3) is 0.714. The monoisotopic (exact) mass is 1050 g/mol. The van der Waals surface area contributed by atoms with Crippen LogP contribution in [0, 0.1) is 0 Å². The van der Waals surface area contributed by atoms with E-state index < -0.39 is 67.3 Å². The number of esters is 3. The molecule has 12 heteroatoms. The van der Waals surface area contributed by atoms with Gasteiger partial charge in [-0.05, 0) is 109 Å². The molecule has 0 radical (unpaired) electrons. The number of aliphatic hydroxyl groups is 2. The van der Waals surface area contributed by atoms with Crippen molar-refractivity contribution in [1.82, 2.24) is 0 Å². The molecule has 428 valence electrons. The van der Waals surface area contributed by atoms with Crippen molar-refractivity contribution in [2.75, 3.05) is 13.2 Å². The lowest BCUT2D eigenvalue weighted by atomic mass is 9.98. The lowest BCUT2D eigenvalue weighted by Crippen LogP contribution is -2.61. The first-order valence-electron chi connectivity index (χ1n) is 29.6. The average Bonchev–Trinajstić information content (AvgIpc) is 3.39. The van der Waals surface area contributed by atoms with Crippen LogP contribution in [-0.2, 0) is 42.9 Å². The Bertz CT molecular complexity index is 1630. The quantitative estimate of drug-likeness (QED) is 0.0228. The van der Waals surface area contributed by atoms with E-state index in [2.05, 4.69) is 106 Å². The van der Waals surface area contributed by atoms with E-state index in [1.165, 1.54) is 25.7 Å². The van der Waals surface area contributed by atoms with Crippen molar-refractivity contribution < 1.29 is 58.2 Å². The number of unbranched alkanes of at least 4 members (excludes halogenated alkanes) is 21. The van der Waals surface area contributed by atoms with Gasteiger partial charge in [-0.25, -0.2) is 4.79 Å². The Morgan fingerprint density at radius 3 is 1.33 bits per heavy atom. The molecule has 0 saturated carbocycles. The summed E-state index contributed by atoms with van der Waals surface area (Å²) < 4.78 is 28.4. The molecule has 6 atom stereocenters. The van der Waals surface area contributed by atoms with Gasteiger partial charge < -0.3 is 39.0 Å². The molecule has 0 aromatic rings. The van der Waals surface area contributed by atoms with Gasteiger partial charge in [0.25, 0.3) is 0 Å². The number of carboxylic acids is 1. The van der Waals surface area contributed by atoms with Gasteiger partial charge >= 0.3 is 23.9 Å². The maximum absolute atomic E-state index is 13.1. The van der Waals surface area contributed by atoms with Crippen molar-refractivity contribution in [1.29, 1.82) is 0 Å². The van der Waals surface area contributed by atoms with E-state index in [4.69, 9.17) is 23.7 Å². The largest absolute Gasteiger partial charge is 0.479 e. The van der Waals surface area contributed by atoms with E-state index in [0.717, 1.165) is 154 Å². The van der Waals surface area contributed by atoms with Gasteiger partial charge in [0, 0.05) is 19.3 Å². The summed E-state index contributed by atoms with van der Waals surface area (Å²) in [5, 5.41) is 31.5. The van der Waals surface area contributed by atoms with Gasteiger partial charge in [0.2, 0.25) is 0 Å². The zero-order valence-electron chi connectivity index (χ0n) is 47.0. The fourth-order valence-corrected chi connectivity index (χ4v) is 8.39. The zero-order valence-corrected chi connectivity index (χ0v) is 47.0. The number of carbonyl (C=O) groups excluding carboxylic acids is 3. The van der Waals surface area contributed by atoms with Crippen LogP contribution < -0.4 is 0 Å². The zero-order chi connectivity index (χ0) is 54.7. The SMILES string of the molecule is CC/C=C\C/C=C\C/C=C\CCCCCCCCCC(=O)OCC(COC1OC(C(=O)O)C(O)C(O)C1OC(=O)CCCCCCC/C=C\C/C=C\CCC)OC(=O)CCCCCCC/C=C\C/C=C\CCCCC. The molecule has 1 rings (SSSR count). The Hall–Kier alpha value is -4.10. The number of hydrogen-bond acceptors (Lipinski definition) is 11. The molecule has 6 unspecified atom stereocenters. The highest BCUT2D eigenvalue weighted by atomic mass is 16.7. The average molecular weight is 1050 g/mol. The second kappa shape index (κ2) is 50.7. The second-order valence-electron chi connectivity index (χ2n) is 19.9. The Morgan fingerprint density at radius 2 is 0.867 bits per heavy atom. The summed E-state index contributed by atoms with van der Waals surface area (Å²) in [6.45, 7) is 5.76. The Labute approximate surface area is 454 Å². The smallest absolute Gasteiger partial charge is 0.335 e. The maximum atomic E-state index is 13.1. The number of carboxylic acid groups (broad SMARTS) is 1. The summed E-state index contributed by atoms with van der Waals surface area (Å²) >= 11 is 0. The van der Waals surface area contributed by atoms with Gasteiger partial charge in [-0.2, -0.15) is 0 Å². The van der Waals surface area contributed by atoms with Crippen LogP contribution in [-0.4, -0.2) is 89.2 Å². The van der Waals surface area contributed by atoms with Crippen LogP contribution in [0.2, 0.25) is 0 Å². The van der Waals surface area contributed by atoms with Crippen molar-refractivity contribution in [2.45, 2.75) is 276 Å². The molecule has 0 aromatic carbocycles. The van der Waals surface area contributed by atoms with Gasteiger partial charge in [0.15, 0.2) is 24.6 Å². The molecular formula is C63H104O12. The van der Waals surface area contributed by atoms with Crippen LogP contribution in [0.15, 0.2) is 85.1 Å². The molecule has 1 aliphatic rings. The highest BCUT2D eigenvalue weighted by Crippen LogP contribution is 2.26. The second-order valence-corrected chi connectivity index (χ2v) is 19.9. The third-order valence-electron chi connectivity index (χ3n) is 12.9. The first kappa shape index (κ1) is 68.9. The van der Waals surface area contributed by atoms with Crippen LogP contribution >= 0.6 is 0 Å². The van der Waals surface area contributed by atoms with E-state index in [0.29, 0.717) is 19.3 Å². The predicted molar refractivity (Wildman–Crippen MR) is 303 cm³/mol. The van der Waals surface area contributed by atoms with Crippen LogP contribution in [0.1, 0.15) is 239 Å². The molecule has 75 heavy (non-hydrogen) atoms. The molecule has 3 N–H and O–H groups in total. The van der Waals surface area contributed by atoms with Gasteiger partial charge in [-0.3, -0.25) is 14.4 Å². The van der Waals surface area contributed by atoms with E-state index >= 15 is 0 Å². The minimum Gasteiger partial charge on any atom is -0.479 e. The number of hydrogen-bond donors (Lipinski definition) is 3. The summed E-state index contributed by atoms with van der Waals surface area (Å²) in [6.07, 6.45) is 52.6. The van der Waals surface area contributed by atoms with Crippen molar-refractivity contribution in [3.63, 3.8) is 0 Å². The number of carbonyl (C=O) groups is 4. The third kappa shape index (κ3) is 40.8. The van der Waals surface area contributed by atoms with E-state index in [1.54, 1.807) is 0 Å². The normalized spacial score (nSPS) is 18.8. The third-order valence-corrected chi connectivity index (χ3v) is 12.9. The summed E-state index contributed by atoms with van der Waals surface area (Å²) in [7, 11) is 0. The number of allylic oxidation sites excluding steroid dienone is 14. The summed E-state index contributed by atoms with van der Waals surface area (Å²) in [5.74, 6) is -3.17. The van der Waals surface area contributed by atoms with Crippen molar-refractivity contribution in [3.8, 4) is 0 Å². The van der Waals surface area contributed by atoms with Gasteiger partial charge in [0.05, 0.1) is 6.61 Å². The van der Waals surface area contributed by atoms with Crippen LogP contribution in [0.25, 0.3) is 0 Å². The van der Waals surface area contributed by atoms with Gasteiger partial charge in [-0.15, -0.1) is 0 Å². The minimum absolute atomic E-state index is 0.0387. The summed E-state index contributed by atoms with van der Waals surface area (Å²) in [5.41, 5.74) is 0. The van der Waals surface area contributed by atoms with Gasteiger partial charge in [-0.1, -0.05) is 196 Å². The Morgan fingerprint density at radius 1 is 0.453 bits per heavy atom. The summed E-state index contributed by atoms with van der Waals surface area (Å²) in [4.78, 5) is 51.1. The molecule has 1 fully saturated rings. The van der Waals surface area contributed by atoms with Crippen molar-refractivity contribution in [2.24, 2.45) is 0 Å². The minimum atomic E-state index is -1.91. The number of aliphatic hydroxyl groups excluding tert-OH is 2. The first-order chi connectivity index (χ1) is 36.6. The molecule has 1 aliphatic heterocycles. The molecule has 0 spiro atoms. The van der Waals surface area contributed by atoms with Gasteiger partial charge in [0.1, 0.15) is 18.8 Å². The molecular weight excluding hydrogens is 949 g/mol. The first-order valence-corrected chi connectivity index (χ1v) is 29.6. The predicted octanol–water partition coefficient (Wildman–Crippen LogP) is 15.1. The van der Waals surface area contributed by atoms with Crippen LogP contribution in [0.5, 0.6) is 0 Å². The Balaban J connectivity index is 2.71. The fourth-order valence-electron chi connectivity index (χ4n) is 8.39. The molecule has 0 amide bonds. The van der Waals surface area contributed by atoms with Crippen LogP contribution in [0.3, 0.4) is 0 Å². The lowest BCUT2D eigenvalue weighted by Gasteiger charge is -2.40. The highest BCUT2D eigenvalue weighted by Gasteiger charge is 2.50. The maximum Gasteiger partial charge on any atom is 0.335 e. The van der Waals surface area contributed by atoms with E-state index in [9.17, 15) is 34.5 Å². The molecule has 0 aromatic heterocycles. The number of rotatable bonds is 49. The topological polar surface area (TPSA) is 175 Å². The molecule has 1 saturated heterocycles. The lowest BCUT2D eigenvalue weighted by molar-refractivity contribution is -0.301. The van der Waals surface area contributed by atoms with E-state index in [1.807, 2.05) is 0 Å². The molecule has 1 heterocycles. The molecule has 12 nitrogen and oxygen atoms in total. The van der Waals surface area contributed by atoms with E-state index in [-0.39, 0.29) is 25.9 Å². The molecule has 0 bridgehead atoms. The Kier molecular flexibility index (Phi) is 46.6. The highest BCUT2D eigenvalue weighted by molar-refractivity contribution is 5.74. The van der Waals surface area contributed by atoms with Crippen LogP contribution in [0.4, 0.5) is 0 Å².